The van der Waals surface area contributed by atoms with Crippen molar-refractivity contribution < 1.29 is 5.11 Å². The Hall–Kier alpha value is -0.930. The van der Waals surface area contributed by atoms with Gasteiger partial charge in [-0.1, -0.05) is 17.7 Å². The van der Waals surface area contributed by atoms with E-state index in [1.54, 1.807) is 6.07 Å². The molecule has 0 aliphatic heterocycles. The molecular formula is C11H15ClN2O. The minimum absolute atomic E-state index is 0.275. The maximum atomic E-state index is 9.67. The maximum absolute atomic E-state index is 9.67. The highest BCUT2D eigenvalue weighted by molar-refractivity contribution is 6.33. The summed E-state index contributed by atoms with van der Waals surface area (Å²) in [6.45, 7) is 0.537. The van der Waals surface area contributed by atoms with Crippen LogP contribution in [0.5, 0.6) is 0 Å². The van der Waals surface area contributed by atoms with Gasteiger partial charge in [0, 0.05) is 6.54 Å². The Balaban J connectivity index is 1.95. The van der Waals surface area contributed by atoms with Gasteiger partial charge in [0.15, 0.2) is 0 Å². The Morgan fingerprint density at radius 1 is 1.53 bits per heavy atom. The predicted molar refractivity (Wildman–Crippen MR) is 63.1 cm³/mol. The van der Waals surface area contributed by atoms with Crippen LogP contribution >= 0.6 is 11.6 Å². The van der Waals surface area contributed by atoms with Crippen LogP contribution in [0.3, 0.4) is 0 Å². The summed E-state index contributed by atoms with van der Waals surface area (Å²) >= 11 is 5.88. The fourth-order valence-electron chi connectivity index (χ4n) is 1.55. The third-order valence-corrected chi connectivity index (χ3v) is 3.05. The molecule has 1 atom stereocenters. The third kappa shape index (κ3) is 2.55. The number of halogens is 1. The monoisotopic (exact) mass is 226 g/mol. The molecule has 4 N–H and O–H groups in total. The van der Waals surface area contributed by atoms with E-state index in [1.807, 2.05) is 12.1 Å². The second-order valence-corrected chi connectivity index (χ2v) is 4.39. The van der Waals surface area contributed by atoms with Crippen LogP contribution in [0.1, 0.15) is 12.8 Å². The smallest absolute Gasteiger partial charge is 0.0740 e. The van der Waals surface area contributed by atoms with Gasteiger partial charge in [-0.25, -0.2) is 0 Å². The van der Waals surface area contributed by atoms with E-state index in [-0.39, 0.29) is 6.10 Å². The lowest BCUT2D eigenvalue weighted by atomic mass is 10.2. The molecule has 1 aromatic rings. The first-order valence-electron chi connectivity index (χ1n) is 5.14. The minimum Gasteiger partial charge on any atom is -0.396 e. The molecule has 2 rings (SSSR count). The van der Waals surface area contributed by atoms with Gasteiger partial charge in [-0.3, -0.25) is 0 Å². The van der Waals surface area contributed by atoms with Crippen molar-refractivity contribution in [3.05, 3.63) is 23.2 Å². The second-order valence-electron chi connectivity index (χ2n) is 3.99. The van der Waals surface area contributed by atoms with Gasteiger partial charge in [0.2, 0.25) is 0 Å². The van der Waals surface area contributed by atoms with E-state index >= 15 is 0 Å². The van der Waals surface area contributed by atoms with Crippen LogP contribution in [-0.4, -0.2) is 17.8 Å². The number of nitrogens with one attached hydrogen (secondary N) is 1. The number of hydrogen-bond donors (Lipinski definition) is 3. The summed E-state index contributed by atoms with van der Waals surface area (Å²) in [6, 6.07) is 5.45. The number of para-hydroxylation sites is 1. The maximum Gasteiger partial charge on any atom is 0.0740 e. The Kier molecular flexibility index (Phi) is 3.03. The SMILES string of the molecule is Nc1c(Cl)cccc1NCC(O)C1CC1. The quantitative estimate of drug-likeness (QED) is 0.690. The predicted octanol–water partition coefficient (Wildman–Crippen LogP) is 2.10. The lowest BCUT2D eigenvalue weighted by molar-refractivity contribution is 0.164. The number of aliphatic hydroxyl groups excluding tert-OH is 1. The normalized spacial score (nSPS) is 17.5. The molecule has 3 nitrogen and oxygen atoms in total. The first-order valence-corrected chi connectivity index (χ1v) is 5.52. The zero-order chi connectivity index (χ0) is 10.8. The van der Waals surface area contributed by atoms with Crippen LogP contribution in [0.2, 0.25) is 5.02 Å². The van der Waals surface area contributed by atoms with Crippen LogP contribution < -0.4 is 11.1 Å². The highest BCUT2D eigenvalue weighted by atomic mass is 35.5. The highest BCUT2D eigenvalue weighted by Crippen LogP contribution is 2.33. The van der Waals surface area contributed by atoms with Gasteiger partial charge >= 0.3 is 0 Å². The Morgan fingerprint density at radius 3 is 2.93 bits per heavy atom. The van der Waals surface area contributed by atoms with Gasteiger partial charge in [-0.2, -0.15) is 0 Å². The van der Waals surface area contributed by atoms with Crippen molar-refractivity contribution in [3.8, 4) is 0 Å². The second kappa shape index (κ2) is 4.29. The molecule has 0 saturated heterocycles. The van der Waals surface area contributed by atoms with E-state index in [0.29, 0.717) is 23.2 Å². The summed E-state index contributed by atoms with van der Waals surface area (Å²) in [4.78, 5) is 0. The molecule has 0 spiro atoms. The fraction of sp³-hybridized carbons (Fsp3) is 0.455. The molecule has 0 amide bonds. The average molecular weight is 227 g/mol. The third-order valence-electron chi connectivity index (χ3n) is 2.72. The van der Waals surface area contributed by atoms with Gasteiger partial charge in [0.1, 0.15) is 0 Å². The topological polar surface area (TPSA) is 58.3 Å². The van der Waals surface area contributed by atoms with Gasteiger partial charge < -0.3 is 16.2 Å². The van der Waals surface area contributed by atoms with Crippen molar-refractivity contribution in [1.82, 2.24) is 0 Å². The van der Waals surface area contributed by atoms with Gasteiger partial charge in [0.25, 0.3) is 0 Å². The number of rotatable bonds is 4. The number of hydrogen-bond acceptors (Lipinski definition) is 3. The zero-order valence-electron chi connectivity index (χ0n) is 8.41. The number of benzene rings is 1. The standard InChI is InChI=1S/C11H15ClN2O/c12-8-2-1-3-9(11(8)13)14-6-10(15)7-4-5-7/h1-3,7,10,14-15H,4-6,13H2. The minimum atomic E-state index is -0.275. The summed E-state index contributed by atoms with van der Waals surface area (Å²) in [6.07, 6.45) is 1.99. The summed E-state index contributed by atoms with van der Waals surface area (Å²) in [7, 11) is 0. The molecule has 0 heterocycles. The average Bonchev–Trinajstić information content (AvgIpc) is 3.03. The molecule has 0 radical (unpaired) electrons. The molecule has 0 aromatic heterocycles. The molecule has 1 aliphatic rings. The van der Waals surface area contributed by atoms with Gasteiger partial charge in [-0.05, 0) is 30.9 Å². The molecule has 82 valence electrons. The summed E-state index contributed by atoms with van der Waals surface area (Å²) in [5, 5.41) is 13.3. The molecule has 1 unspecified atom stereocenters. The van der Waals surface area contributed by atoms with E-state index in [0.717, 1.165) is 18.5 Å². The van der Waals surface area contributed by atoms with E-state index in [4.69, 9.17) is 17.3 Å². The van der Waals surface area contributed by atoms with E-state index < -0.39 is 0 Å². The van der Waals surface area contributed by atoms with Crippen LogP contribution in [-0.2, 0) is 0 Å². The van der Waals surface area contributed by atoms with Crippen molar-refractivity contribution in [2.75, 3.05) is 17.6 Å². The Labute approximate surface area is 94.2 Å². The Bertz CT molecular complexity index is 352. The van der Waals surface area contributed by atoms with E-state index in [2.05, 4.69) is 5.32 Å². The first kappa shape index (κ1) is 10.6. The first-order chi connectivity index (χ1) is 7.18. The van der Waals surface area contributed by atoms with Crippen LogP contribution in [0.15, 0.2) is 18.2 Å². The molecule has 15 heavy (non-hydrogen) atoms. The van der Waals surface area contributed by atoms with Crippen molar-refractivity contribution >= 4 is 23.0 Å². The molecule has 1 saturated carbocycles. The highest BCUT2D eigenvalue weighted by Gasteiger charge is 2.29. The molecule has 4 heteroatoms. The lowest BCUT2D eigenvalue weighted by Crippen LogP contribution is -2.21. The molecule has 1 aromatic carbocycles. The van der Waals surface area contributed by atoms with Gasteiger partial charge in [-0.15, -0.1) is 0 Å². The van der Waals surface area contributed by atoms with Crippen molar-refractivity contribution in [3.63, 3.8) is 0 Å². The van der Waals surface area contributed by atoms with Crippen molar-refractivity contribution in [2.24, 2.45) is 5.92 Å². The molecule has 0 bridgehead atoms. The lowest BCUT2D eigenvalue weighted by Gasteiger charge is -2.13. The Morgan fingerprint density at radius 2 is 2.27 bits per heavy atom. The molecule has 1 fully saturated rings. The summed E-state index contributed by atoms with van der Waals surface area (Å²) in [5.41, 5.74) is 7.12. The summed E-state index contributed by atoms with van der Waals surface area (Å²) < 4.78 is 0. The van der Waals surface area contributed by atoms with Crippen LogP contribution in [0.4, 0.5) is 11.4 Å². The largest absolute Gasteiger partial charge is 0.396 e. The van der Waals surface area contributed by atoms with Crippen LogP contribution in [0.25, 0.3) is 0 Å². The van der Waals surface area contributed by atoms with Gasteiger partial charge in [0.05, 0.1) is 22.5 Å². The van der Waals surface area contributed by atoms with E-state index in [9.17, 15) is 5.11 Å². The number of anilines is 2. The number of nitrogen functional groups attached to an aromatic ring is 1. The molecular weight excluding hydrogens is 212 g/mol. The zero-order valence-corrected chi connectivity index (χ0v) is 9.17. The molecule has 1 aliphatic carbocycles. The van der Waals surface area contributed by atoms with Crippen molar-refractivity contribution in [2.45, 2.75) is 18.9 Å². The van der Waals surface area contributed by atoms with Crippen LogP contribution in [0, 0.1) is 5.92 Å². The van der Waals surface area contributed by atoms with Crippen molar-refractivity contribution in [1.29, 1.82) is 0 Å². The fourth-order valence-corrected chi connectivity index (χ4v) is 1.73. The van der Waals surface area contributed by atoms with E-state index in [1.165, 1.54) is 0 Å². The number of aliphatic hydroxyl groups is 1. The summed E-state index contributed by atoms with van der Waals surface area (Å²) in [5.74, 6) is 0.470. The number of nitrogens with two attached hydrogens (primary N) is 1.